The molecule has 0 saturated carbocycles. The Hall–Kier alpha value is -2.00. The van der Waals surface area contributed by atoms with Crippen LogP contribution in [0.15, 0.2) is 53.5 Å². The lowest BCUT2D eigenvalue weighted by molar-refractivity contribution is 0.134. The molecule has 30 heavy (non-hydrogen) atoms. The number of unbranched alkanes of at least 4 members (excludes halogenated alkanes) is 1. The van der Waals surface area contributed by atoms with Gasteiger partial charge in [0, 0.05) is 31.5 Å². The molecule has 0 radical (unpaired) electrons. The summed E-state index contributed by atoms with van der Waals surface area (Å²) in [5.74, 6) is 2.14. The van der Waals surface area contributed by atoms with Gasteiger partial charge in [-0.3, -0.25) is 4.99 Å². The van der Waals surface area contributed by atoms with Crippen LogP contribution in [-0.2, 0) is 11.2 Å². The monoisotopic (exact) mass is 527 g/mol. The summed E-state index contributed by atoms with van der Waals surface area (Å²) in [5.41, 5.74) is 2.21. The summed E-state index contributed by atoms with van der Waals surface area (Å²) in [6, 6.07) is 16.1. The molecule has 0 heterocycles. The molecule has 2 aromatic rings. The van der Waals surface area contributed by atoms with Crippen LogP contribution in [-0.4, -0.2) is 46.5 Å². The molecule has 0 aliphatic heterocycles. The van der Waals surface area contributed by atoms with E-state index in [1.165, 1.54) is 5.56 Å². The third-order valence-electron chi connectivity index (χ3n) is 4.34. The van der Waals surface area contributed by atoms with Crippen LogP contribution >= 0.6 is 24.0 Å². The molecule has 0 atom stereocenters. The molecule has 0 bridgehead atoms. The molecule has 0 aliphatic carbocycles. The van der Waals surface area contributed by atoms with E-state index in [1.807, 2.05) is 31.2 Å². The van der Waals surface area contributed by atoms with E-state index in [0.29, 0.717) is 11.5 Å². The number of hydrogen-bond donors (Lipinski definition) is 2. The average molecular weight is 527 g/mol. The van der Waals surface area contributed by atoms with Gasteiger partial charge in [0.25, 0.3) is 0 Å². The van der Waals surface area contributed by atoms with E-state index in [0.717, 1.165) is 57.2 Å². The lowest BCUT2D eigenvalue weighted by atomic mass is 10.2. The first kappa shape index (κ1) is 26.0. The van der Waals surface area contributed by atoms with Crippen molar-refractivity contribution in [2.45, 2.75) is 26.2 Å². The zero-order valence-corrected chi connectivity index (χ0v) is 20.5. The van der Waals surface area contributed by atoms with Crippen LogP contribution in [0.5, 0.6) is 11.5 Å². The molecular formula is C23H34IN3O3. The number of benzene rings is 2. The van der Waals surface area contributed by atoms with E-state index in [-0.39, 0.29) is 24.0 Å². The van der Waals surface area contributed by atoms with E-state index in [9.17, 15) is 0 Å². The highest BCUT2D eigenvalue weighted by Gasteiger charge is 2.06. The minimum Gasteiger partial charge on any atom is -0.493 e. The van der Waals surface area contributed by atoms with Crippen LogP contribution in [0.1, 0.15) is 25.3 Å². The SMILES string of the molecule is CCNC(=NCCCCOCCc1ccccc1)Nc1ccc(OC)c(OC)c1.I. The van der Waals surface area contributed by atoms with Crippen molar-refractivity contribution in [3.8, 4) is 11.5 Å². The predicted octanol–water partition coefficient (Wildman–Crippen LogP) is 4.74. The summed E-state index contributed by atoms with van der Waals surface area (Å²) in [5, 5.41) is 6.57. The lowest BCUT2D eigenvalue weighted by Crippen LogP contribution is -2.30. The maximum atomic E-state index is 5.73. The average Bonchev–Trinajstić information content (AvgIpc) is 2.76. The topological polar surface area (TPSA) is 64.1 Å². The minimum absolute atomic E-state index is 0. The number of halogens is 1. The van der Waals surface area contributed by atoms with Crippen LogP contribution in [0, 0.1) is 0 Å². The van der Waals surface area contributed by atoms with E-state index >= 15 is 0 Å². The first-order chi connectivity index (χ1) is 14.3. The fourth-order valence-corrected chi connectivity index (χ4v) is 2.80. The molecule has 0 fully saturated rings. The van der Waals surface area contributed by atoms with Gasteiger partial charge in [0.1, 0.15) is 0 Å². The fourth-order valence-electron chi connectivity index (χ4n) is 2.80. The van der Waals surface area contributed by atoms with Gasteiger partial charge in [-0.25, -0.2) is 0 Å². The lowest BCUT2D eigenvalue weighted by Gasteiger charge is -2.13. The first-order valence-corrected chi connectivity index (χ1v) is 10.2. The zero-order chi connectivity index (χ0) is 20.7. The Bertz CT molecular complexity index is 742. The number of nitrogens with one attached hydrogen (secondary N) is 2. The highest BCUT2D eigenvalue weighted by Crippen LogP contribution is 2.29. The van der Waals surface area contributed by atoms with Gasteiger partial charge in [-0.2, -0.15) is 0 Å². The molecule has 0 unspecified atom stereocenters. The number of rotatable bonds is 12. The van der Waals surface area contributed by atoms with Crippen molar-refractivity contribution in [1.82, 2.24) is 5.32 Å². The summed E-state index contributed by atoms with van der Waals surface area (Å²) in [6.07, 6.45) is 2.93. The number of methoxy groups -OCH3 is 2. The van der Waals surface area contributed by atoms with Crippen molar-refractivity contribution in [2.24, 2.45) is 4.99 Å². The van der Waals surface area contributed by atoms with Crippen LogP contribution in [0.3, 0.4) is 0 Å². The third-order valence-corrected chi connectivity index (χ3v) is 4.34. The van der Waals surface area contributed by atoms with Crippen LogP contribution < -0.4 is 20.1 Å². The Morgan fingerprint density at radius 1 is 0.933 bits per heavy atom. The number of guanidine groups is 1. The minimum atomic E-state index is 0. The highest BCUT2D eigenvalue weighted by molar-refractivity contribution is 14.0. The maximum absolute atomic E-state index is 5.73. The number of nitrogens with zero attached hydrogens (tertiary/aromatic N) is 1. The van der Waals surface area contributed by atoms with Crippen molar-refractivity contribution in [1.29, 1.82) is 0 Å². The van der Waals surface area contributed by atoms with E-state index in [4.69, 9.17) is 14.2 Å². The molecule has 166 valence electrons. The third kappa shape index (κ3) is 9.67. The molecular weight excluding hydrogens is 493 g/mol. The van der Waals surface area contributed by atoms with Crippen molar-refractivity contribution in [2.75, 3.05) is 45.8 Å². The summed E-state index contributed by atoms with van der Waals surface area (Å²) >= 11 is 0. The molecule has 7 heteroatoms. The second-order valence-corrected chi connectivity index (χ2v) is 6.51. The standard InChI is InChI=1S/C23H33N3O3.HI/c1-4-24-23(26-20-12-13-21(27-2)22(18-20)28-3)25-15-8-9-16-29-17-14-19-10-6-5-7-11-19;/h5-7,10-13,18H,4,8-9,14-17H2,1-3H3,(H2,24,25,26);1H. The molecule has 2 aromatic carbocycles. The second kappa shape index (κ2) is 15.8. The van der Waals surface area contributed by atoms with Gasteiger partial charge in [0.2, 0.25) is 0 Å². The van der Waals surface area contributed by atoms with Gasteiger partial charge in [0.15, 0.2) is 17.5 Å². The smallest absolute Gasteiger partial charge is 0.195 e. The molecule has 2 N–H and O–H groups in total. The Morgan fingerprint density at radius 2 is 1.70 bits per heavy atom. The van der Waals surface area contributed by atoms with Crippen LogP contribution in [0.2, 0.25) is 0 Å². The van der Waals surface area contributed by atoms with Gasteiger partial charge in [0.05, 0.1) is 20.8 Å². The van der Waals surface area contributed by atoms with Gasteiger partial charge >= 0.3 is 0 Å². The fraction of sp³-hybridized carbons (Fsp3) is 0.435. The van der Waals surface area contributed by atoms with Gasteiger partial charge in [-0.15, -0.1) is 24.0 Å². The number of anilines is 1. The highest BCUT2D eigenvalue weighted by atomic mass is 127. The predicted molar refractivity (Wildman–Crippen MR) is 135 cm³/mol. The van der Waals surface area contributed by atoms with E-state index in [2.05, 4.69) is 39.9 Å². The molecule has 0 amide bonds. The molecule has 0 spiro atoms. The summed E-state index contributed by atoms with van der Waals surface area (Å²) < 4.78 is 16.4. The Balaban J connectivity index is 0.00000450. The number of aliphatic imine (C=N–C) groups is 1. The molecule has 0 saturated heterocycles. The quantitative estimate of drug-likeness (QED) is 0.181. The number of ether oxygens (including phenoxy) is 3. The van der Waals surface area contributed by atoms with Gasteiger partial charge in [-0.05, 0) is 43.9 Å². The Morgan fingerprint density at radius 3 is 2.40 bits per heavy atom. The number of hydrogen-bond acceptors (Lipinski definition) is 4. The Labute approximate surface area is 197 Å². The summed E-state index contributed by atoms with van der Waals surface area (Å²) in [7, 11) is 3.25. The largest absolute Gasteiger partial charge is 0.493 e. The maximum Gasteiger partial charge on any atom is 0.195 e. The zero-order valence-electron chi connectivity index (χ0n) is 18.1. The van der Waals surface area contributed by atoms with E-state index < -0.39 is 0 Å². The molecule has 0 aromatic heterocycles. The molecule has 0 aliphatic rings. The van der Waals surface area contributed by atoms with Crippen molar-refractivity contribution in [3.63, 3.8) is 0 Å². The Kier molecular flexibility index (Phi) is 13.7. The first-order valence-electron chi connectivity index (χ1n) is 10.2. The van der Waals surface area contributed by atoms with Crippen molar-refractivity contribution in [3.05, 3.63) is 54.1 Å². The van der Waals surface area contributed by atoms with Gasteiger partial charge < -0.3 is 24.8 Å². The molecule has 6 nitrogen and oxygen atoms in total. The van der Waals surface area contributed by atoms with Gasteiger partial charge in [-0.1, -0.05) is 30.3 Å². The normalized spacial score (nSPS) is 10.8. The summed E-state index contributed by atoms with van der Waals surface area (Å²) in [6.45, 7) is 5.11. The van der Waals surface area contributed by atoms with Crippen molar-refractivity contribution < 1.29 is 14.2 Å². The van der Waals surface area contributed by atoms with Crippen molar-refractivity contribution >= 4 is 35.6 Å². The summed E-state index contributed by atoms with van der Waals surface area (Å²) in [4.78, 5) is 4.64. The second-order valence-electron chi connectivity index (χ2n) is 6.51. The van der Waals surface area contributed by atoms with Crippen LogP contribution in [0.4, 0.5) is 5.69 Å². The van der Waals surface area contributed by atoms with Crippen LogP contribution in [0.25, 0.3) is 0 Å². The van der Waals surface area contributed by atoms with E-state index in [1.54, 1.807) is 14.2 Å². The molecule has 2 rings (SSSR count).